The van der Waals surface area contributed by atoms with Crippen LogP contribution in [0.2, 0.25) is 10.0 Å². The zero-order valence-corrected chi connectivity index (χ0v) is 20.0. The number of likely N-dealkylation sites (tertiary alicyclic amines) is 1. The van der Waals surface area contributed by atoms with Crippen molar-refractivity contribution in [3.05, 3.63) is 81.9 Å². The van der Waals surface area contributed by atoms with E-state index in [-0.39, 0.29) is 22.9 Å². The van der Waals surface area contributed by atoms with Crippen LogP contribution in [0.5, 0.6) is 11.5 Å². The van der Waals surface area contributed by atoms with E-state index >= 15 is 0 Å². The first-order chi connectivity index (χ1) is 16.9. The molecule has 0 spiro atoms. The fourth-order valence-electron chi connectivity index (χ4n) is 4.33. The molecule has 1 N–H and O–H groups in total. The van der Waals surface area contributed by atoms with Gasteiger partial charge in [-0.3, -0.25) is 9.59 Å². The average molecular weight is 514 g/mol. The molecule has 1 atom stereocenters. The smallest absolute Gasteiger partial charge is 0.295 e. The van der Waals surface area contributed by atoms with E-state index in [1.807, 2.05) is 10.8 Å². The van der Waals surface area contributed by atoms with Gasteiger partial charge in [0.25, 0.3) is 11.7 Å². The molecule has 10 heteroatoms. The van der Waals surface area contributed by atoms with Crippen LogP contribution in [0.3, 0.4) is 0 Å². The third-order valence-corrected chi connectivity index (χ3v) is 6.73. The number of nitrogens with zero attached hydrogens (tertiary/aromatic N) is 3. The van der Waals surface area contributed by atoms with E-state index < -0.39 is 17.7 Å². The number of imidazole rings is 1. The number of aliphatic hydroxyl groups is 1. The van der Waals surface area contributed by atoms with Gasteiger partial charge in [-0.1, -0.05) is 29.3 Å². The molecule has 5 rings (SSSR count). The number of carbonyl (C=O) groups is 2. The lowest BCUT2D eigenvalue weighted by molar-refractivity contribution is -0.139. The standard InChI is InChI=1S/C25H21Cl2N3O5/c26-17-4-2-15(12-18(17)27)22-21(23(31)16-3-5-19-20(13-16)35-11-10-34-19)24(32)25(33)30(22)8-1-7-29-9-6-28-14-29/h2-6,9,12-14,22,31H,1,7-8,10-11H2/b23-21-. The molecule has 1 aromatic heterocycles. The number of halogens is 2. The minimum atomic E-state index is -0.833. The molecule has 8 nitrogen and oxygen atoms in total. The van der Waals surface area contributed by atoms with E-state index in [1.54, 1.807) is 48.9 Å². The second-order valence-electron chi connectivity index (χ2n) is 8.18. The van der Waals surface area contributed by atoms with E-state index in [2.05, 4.69) is 4.98 Å². The number of rotatable bonds is 6. The monoisotopic (exact) mass is 513 g/mol. The van der Waals surface area contributed by atoms with Crippen LogP contribution in [0.15, 0.2) is 60.7 Å². The van der Waals surface area contributed by atoms with Crippen molar-refractivity contribution in [2.45, 2.75) is 19.0 Å². The van der Waals surface area contributed by atoms with Gasteiger partial charge in [-0.15, -0.1) is 0 Å². The fraction of sp³-hybridized carbons (Fsp3) is 0.240. The number of benzene rings is 2. The Bertz CT molecular complexity index is 1320. The Morgan fingerprint density at radius 1 is 1.03 bits per heavy atom. The summed E-state index contributed by atoms with van der Waals surface area (Å²) in [6.07, 6.45) is 5.76. The number of aromatic nitrogens is 2. The molecule has 0 radical (unpaired) electrons. The summed E-state index contributed by atoms with van der Waals surface area (Å²) in [7, 11) is 0. The molecule has 2 aromatic carbocycles. The second kappa shape index (κ2) is 9.64. The molecule has 3 heterocycles. The first kappa shape index (κ1) is 23.3. The zero-order chi connectivity index (χ0) is 24.5. The molecule has 1 saturated heterocycles. The zero-order valence-electron chi connectivity index (χ0n) is 18.5. The number of amides is 1. The Kier molecular flexibility index (Phi) is 6.40. The van der Waals surface area contributed by atoms with Gasteiger partial charge in [0.2, 0.25) is 0 Å². The highest BCUT2D eigenvalue weighted by atomic mass is 35.5. The topological polar surface area (TPSA) is 93.9 Å². The van der Waals surface area contributed by atoms with Crippen molar-refractivity contribution in [2.24, 2.45) is 0 Å². The van der Waals surface area contributed by atoms with Crippen molar-refractivity contribution in [2.75, 3.05) is 19.8 Å². The number of fused-ring (bicyclic) bond motifs is 1. The van der Waals surface area contributed by atoms with Crippen LogP contribution in [-0.4, -0.2) is 51.0 Å². The van der Waals surface area contributed by atoms with Crippen LogP contribution in [0, 0.1) is 0 Å². The maximum atomic E-state index is 13.2. The number of aryl methyl sites for hydroxylation is 1. The van der Waals surface area contributed by atoms with E-state index in [4.69, 9.17) is 32.7 Å². The fourth-order valence-corrected chi connectivity index (χ4v) is 4.63. The Hall–Kier alpha value is -3.49. The van der Waals surface area contributed by atoms with Crippen LogP contribution < -0.4 is 9.47 Å². The normalized spacial score (nSPS) is 18.8. The molecule has 1 unspecified atom stereocenters. The van der Waals surface area contributed by atoms with Crippen molar-refractivity contribution in [1.29, 1.82) is 0 Å². The summed E-state index contributed by atoms with van der Waals surface area (Å²) in [5, 5.41) is 11.9. The summed E-state index contributed by atoms with van der Waals surface area (Å²) in [5.41, 5.74) is 0.892. The summed E-state index contributed by atoms with van der Waals surface area (Å²) >= 11 is 12.4. The number of Topliss-reactive ketones (excluding diaryl/α,β-unsaturated/α-hetero) is 1. The van der Waals surface area contributed by atoms with Crippen molar-refractivity contribution >= 4 is 40.7 Å². The summed E-state index contributed by atoms with van der Waals surface area (Å²) < 4.78 is 13.0. The highest BCUT2D eigenvalue weighted by Crippen LogP contribution is 2.42. The molecule has 0 aliphatic carbocycles. The number of carbonyl (C=O) groups excluding carboxylic acids is 2. The molecule has 0 saturated carbocycles. The number of ether oxygens (including phenoxy) is 2. The maximum absolute atomic E-state index is 13.2. The van der Waals surface area contributed by atoms with Gasteiger partial charge in [-0.05, 0) is 42.3 Å². The Balaban J connectivity index is 1.55. The van der Waals surface area contributed by atoms with Crippen molar-refractivity contribution in [1.82, 2.24) is 14.5 Å². The molecule has 35 heavy (non-hydrogen) atoms. The lowest BCUT2D eigenvalue weighted by Crippen LogP contribution is -2.31. The van der Waals surface area contributed by atoms with Crippen molar-refractivity contribution in [3.8, 4) is 11.5 Å². The predicted molar refractivity (Wildman–Crippen MR) is 130 cm³/mol. The van der Waals surface area contributed by atoms with Crippen LogP contribution in [-0.2, 0) is 16.1 Å². The molecular formula is C25H21Cl2N3O5. The van der Waals surface area contributed by atoms with Gasteiger partial charge >= 0.3 is 0 Å². The van der Waals surface area contributed by atoms with Gasteiger partial charge in [-0.25, -0.2) is 4.98 Å². The molecule has 2 aliphatic heterocycles. The first-order valence-corrected chi connectivity index (χ1v) is 11.8. The Morgan fingerprint density at radius 3 is 2.57 bits per heavy atom. The SMILES string of the molecule is O=C1C(=O)N(CCCn2ccnc2)C(c2ccc(Cl)c(Cl)c2)/C1=C(/O)c1ccc2c(c1)OCCO2. The van der Waals surface area contributed by atoms with Crippen LogP contribution >= 0.6 is 23.2 Å². The van der Waals surface area contributed by atoms with Crippen molar-refractivity contribution in [3.63, 3.8) is 0 Å². The molecule has 180 valence electrons. The van der Waals surface area contributed by atoms with Crippen LogP contribution in [0.1, 0.15) is 23.6 Å². The van der Waals surface area contributed by atoms with Gasteiger partial charge < -0.3 is 24.0 Å². The van der Waals surface area contributed by atoms with Gasteiger partial charge in [0.15, 0.2) is 11.5 Å². The third-order valence-electron chi connectivity index (χ3n) is 5.99. The minimum Gasteiger partial charge on any atom is -0.507 e. The molecular weight excluding hydrogens is 493 g/mol. The highest BCUT2D eigenvalue weighted by Gasteiger charge is 2.46. The Labute approximate surface area is 211 Å². The van der Waals surface area contributed by atoms with Gasteiger partial charge in [0.05, 0.1) is 28.0 Å². The van der Waals surface area contributed by atoms with E-state index in [0.29, 0.717) is 53.8 Å². The summed E-state index contributed by atoms with van der Waals surface area (Å²) in [4.78, 5) is 31.8. The molecule has 3 aromatic rings. The summed E-state index contributed by atoms with van der Waals surface area (Å²) in [6.45, 7) is 1.70. The van der Waals surface area contributed by atoms with Gasteiger partial charge in [0.1, 0.15) is 19.0 Å². The number of ketones is 1. The third kappa shape index (κ3) is 4.47. The van der Waals surface area contributed by atoms with E-state index in [0.717, 1.165) is 0 Å². The van der Waals surface area contributed by atoms with Gasteiger partial charge in [0, 0.05) is 31.0 Å². The van der Waals surface area contributed by atoms with Crippen LogP contribution in [0.25, 0.3) is 5.76 Å². The summed E-state index contributed by atoms with van der Waals surface area (Å²) in [6, 6.07) is 8.98. The molecule has 1 amide bonds. The maximum Gasteiger partial charge on any atom is 0.295 e. The average Bonchev–Trinajstić information content (AvgIpc) is 3.47. The summed E-state index contributed by atoms with van der Waals surface area (Å²) in [5.74, 6) is -0.745. The molecule has 0 bridgehead atoms. The first-order valence-electron chi connectivity index (χ1n) is 11.0. The minimum absolute atomic E-state index is 0.0207. The highest BCUT2D eigenvalue weighted by molar-refractivity contribution is 6.46. The quantitative estimate of drug-likeness (QED) is 0.296. The van der Waals surface area contributed by atoms with Crippen molar-refractivity contribution < 1.29 is 24.2 Å². The lowest BCUT2D eigenvalue weighted by Gasteiger charge is -2.26. The number of hydrogen-bond donors (Lipinski definition) is 1. The second-order valence-corrected chi connectivity index (χ2v) is 8.99. The van der Waals surface area contributed by atoms with Gasteiger partial charge in [-0.2, -0.15) is 0 Å². The van der Waals surface area contributed by atoms with E-state index in [1.165, 1.54) is 4.90 Å². The lowest BCUT2D eigenvalue weighted by atomic mass is 9.95. The van der Waals surface area contributed by atoms with Crippen LogP contribution in [0.4, 0.5) is 0 Å². The Morgan fingerprint density at radius 2 is 1.83 bits per heavy atom. The molecule has 2 aliphatic rings. The predicted octanol–water partition coefficient (Wildman–Crippen LogP) is 4.47. The van der Waals surface area contributed by atoms with E-state index in [9.17, 15) is 14.7 Å². The number of aliphatic hydroxyl groups excluding tert-OH is 1. The number of hydrogen-bond acceptors (Lipinski definition) is 6. The molecule has 1 fully saturated rings. The largest absolute Gasteiger partial charge is 0.507 e.